The number of ether oxygens (including phenoxy) is 1. The third kappa shape index (κ3) is 4.74. The van der Waals surface area contributed by atoms with Crippen molar-refractivity contribution in [1.29, 1.82) is 0 Å². The highest BCUT2D eigenvalue weighted by atomic mass is 32.2. The molecule has 1 aliphatic rings. The lowest BCUT2D eigenvalue weighted by molar-refractivity contribution is 0.0371. The molecule has 7 heteroatoms. The summed E-state index contributed by atoms with van der Waals surface area (Å²) in [7, 11) is -1.78. The Kier molecular flexibility index (Phi) is 6.10. The van der Waals surface area contributed by atoms with Crippen LogP contribution in [0.15, 0.2) is 29.4 Å². The summed E-state index contributed by atoms with van der Waals surface area (Å²) in [6.07, 6.45) is 4.81. The van der Waals surface area contributed by atoms with Gasteiger partial charge >= 0.3 is 0 Å². The molecule has 2 heterocycles. The highest BCUT2D eigenvalue weighted by molar-refractivity contribution is 7.89. The molecule has 0 aromatic carbocycles. The molecule has 0 radical (unpaired) electrons. The minimum absolute atomic E-state index is 0.251. The van der Waals surface area contributed by atoms with Crippen molar-refractivity contribution >= 4 is 10.0 Å². The van der Waals surface area contributed by atoms with Crippen molar-refractivity contribution in [2.24, 2.45) is 0 Å². The lowest BCUT2D eigenvalue weighted by atomic mass is 10.3. The van der Waals surface area contributed by atoms with E-state index in [4.69, 9.17) is 4.74 Å². The van der Waals surface area contributed by atoms with Crippen molar-refractivity contribution in [2.75, 3.05) is 46.4 Å². The normalized spacial score (nSPS) is 17.2. The number of sulfonamides is 1. The summed E-state index contributed by atoms with van der Waals surface area (Å²) in [4.78, 5) is 6.48. The maximum atomic E-state index is 12.3. The van der Waals surface area contributed by atoms with Gasteiger partial charge in [-0.2, -0.15) is 0 Å². The van der Waals surface area contributed by atoms with Gasteiger partial charge in [-0.3, -0.25) is 9.88 Å². The summed E-state index contributed by atoms with van der Waals surface area (Å²) in [6, 6.07) is 3.21. The molecular weight excluding hydrogens is 290 g/mol. The molecule has 1 aliphatic heterocycles. The molecule has 0 N–H and O–H groups in total. The first-order chi connectivity index (χ1) is 10.1. The van der Waals surface area contributed by atoms with Crippen LogP contribution >= 0.6 is 0 Å². The number of pyridine rings is 1. The molecule has 0 bridgehead atoms. The van der Waals surface area contributed by atoms with Gasteiger partial charge in [0.25, 0.3) is 0 Å². The van der Waals surface area contributed by atoms with Crippen LogP contribution in [0.5, 0.6) is 0 Å². The number of rotatable bonds is 7. The second-order valence-corrected chi connectivity index (χ2v) is 7.22. The van der Waals surface area contributed by atoms with E-state index >= 15 is 0 Å². The molecule has 0 saturated carbocycles. The first kappa shape index (κ1) is 16.4. The first-order valence-electron chi connectivity index (χ1n) is 7.27. The van der Waals surface area contributed by atoms with Gasteiger partial charge in [0.15, 0.2) is 0 Å². The molecule has 6 nitrogen and oxygen atoms in total. The summed E-state index contributed by atoms with van der Waals surface area (Å²) in [6.45, 7) is 5.09. The molecular formula is C14H23N3O3S. The Morgan fingerprint density at radius 3 is 2.76 bits per heavy atom. The van der Waals surface area contributed by atoms with E-state index in [0.717, 1.165) is 45.7 Å². The Balaban J connectivity index is 1.75. The first-order valence-corrected chi connectivity index (χ1v) is 8.71. The highest BCUT2D eigenvalue weighted by Gasteiger charge is 2.20. The van der Waals surface area contributed by atoms with Gasteiger partial charge in [0, 0.05) is 39.1 Å². The summed E-state index contributed by atoms with van der Waals surface area (Å²) in [5, 5.41) is 0. The molecule has 1 aromatic rings. The fourth-order valence-electron chi connectivity index (χ4n) is 2.29. The molecule has 118 valence electrons. The van der Waals surface area contributed by atoms with Crippen LogP contribution in [-0.4, -0.2) is 69.0 Å². The number of hydrogen-bond acceptors (Lipinski definition) is 5. The predicted molar refractivity (Wildman–Crippen MR) is 80.5 cm³/mol. The number of aromatic nitrogens is 1. The SMILES string of the molecule is CN(CCCCN1CCOCC1)S(=O)(=O)c1cccnc1. The third-order valence-electron chi connectivity index (χ3n) is 3.64. The second kappa shape index (κ2) is 7.84. The second-order valence-electron chi connectivity index (χ2n) is 5.18. The molecule has 1 fully saturated rings. The van der Waals surface area contributed by atoms with Gasteiger partial charge in [0.05, 0.1) is 13.2 Å². The summed E-state index contributed by atoms with van der Waals surface area (Å²) in [5.74, 6) is 0. The molecule has 0 aliphatic carbocycles. The molecule has 0 unspecified atom stereocenters. The fraction of sp³-hybridized carbons (Fsp3) is 0.643. The van der Waals surface area contributed by atoms with Crippen molar-refractivity contribution in [3.8, 4) is 0 Å². The van der Waals surface area contributed by atoms with Crippen molar-refractivity contribution in [3.63, 3.8) is 0 Å². The Morgan fingerprint density at radius 2 is 2.10 bits per heavy atom. The van der Waals surface area contributed by atoms with Crippen molar-refractivity contribution in [3.05, 3.63) is 24.5 Å². The molecule has 1 aromatic heterocycles. The van der Waals surface area contributed by atoms with Crippen molar-refractivity contribution in [2.45, 2.75) is 17.7 Å². The van der Waals surface area contributed by atoms with Gasteiger partial charge in [0.2, 0.25) is 10.0 Å². The van der Waals surface area contributed by atoms with E-state index in [2.05, 4.69) is 9.88 Å². The van der Waals surface area contributed by atoms with Crippen LogP contribution in [0.25, 0.3) is 0 Å². The number of nitrogens with zero attached hydrogens (tertiary/aromatic N) is 3. The maximum Gasteiger partial charge on any atom is 0.244 e. The fourth-order valence-corrected chi connectivity index (χ4v) is 3.47. The molecule has 0 amide bonds. The quantitative estimate of drug-likeness (QED) is 0.697. The van der Waals surface area contributed by atoms with E-state index in [1.165, 1.54) is 10.5 Å². The van der Waals surface area contributed by atoms with E-state index in [0.29, 0.717) is 6.54 Å². The number of unbranched alkanes of at least 4 members (excludes halogenated alkanes) is 1. The van der Waals surface area contributed by atoms with E-state index in [9.17, 15) is 8.42 Å². The van der Waals surface area contributed by atoms with Crippen LogP contribution in [-0.2, 0) is 14.8 Å². The predicted octanol–water partition coefficient (Wildman–Crippen LogP) is 0.815. The van der Waals surface area contributed by atoms with E-state index in [-0.39, 0.29) is 4.90 Å². The molecule has 21 heavy (non-hydrogen) atoms. The Bertz CT molecular complexity index is 516. The summed E-state index contributed by atoms with van der Waals surface area (Å²) in [5.41, 5.74) is 0. The topological polar surface area (TPSA) is 62.7 Å². The van der Waals surface area contributed by atoms with Gasteiger partial charge < -0.3 is 4.74 Å². The molecule has 2 rings (SSSR count). The lowest BCUT2D eigenvalue weighted by Gasteiger charge is -2.26. The van der Waals surface area contributed by atoms with Gasteiger partial charge in [-0.25, -0.2) is 12.7 Å². The minimum Gasteiger partial charge on any atom is -0.379 e. The van der Waals surface area contributed by atoms with Crippen molar-refractivity contribution in [1.82, 2.24) is 14.2 Å². The largest absolute Gasteiger partial charge is 0.379 e. The highest BCUT2D eigenvalue weighted by Crippen LogP contribution is 2.13. The molecule has 0 spiro atoms. The zero-order valence-corrected chi connectivity index (χ0v) is 13.3. The van der Waals surface area contributed by atoms with Crippen LogP contribution in [0.3, 0.4) is 0 Å². The minimum atomic E-state index is -3.41. The van der Waals surface area contributed by atoms with Crippen LogP contribution < -0.4 is 0 Å². The Morgan fingerprint density at radius 1 is 1.33 bits per heavy atom. The van der Waals surface area contributed by atoms with Crippen LogP contribution in [0.1, 0.15) is 12.8 Å². The average molecular weight is 313 g/mol. The number of morpholine rings is 1. The lowest BCUT2D eigenvalue weighted by Crippen LogP contribution is -2.37. The van der Waals surface area contributed by atoms with Gasteiger partial charge in [-0.1, -0.05) is 0 Å². The van der Waals surface area contributed by atoms with Gasteiger partial charge in [-0.15, -0.1) is 0 Å². The van der Waals surface area contributed by atoms with Crippen LogP contribution in [0, 0.1) is 0 Å². The van der Waals surface area contributed by atoms with Gasteiger partial charge in [0.1, 0.15) is 4.90 Å². The average Bonchev–Trinajstić information content (AvgIpc) is 2.53. The monoisotopic (exact) mass is 313 g/mol. The van der Waals surface area contributed by atoms with Crippen molar-refractivity contribution < 1.29 is 13.2 Å². The Labute approximate surface area is 126 Å². The summed E-state index contributed by atoms with van der Waals surface area (Å²) >= 11 is 0. The number of hydrogen-bond donors (Lipinski definition) is 0. The van der Waals surface area contributed by atoms with E-state index in [1.54, 1.807) is 25.4 Å². The molecule has 1 saturated heterocycles. The maximum absolute atomic E-state index is 12.3. The zero-order valence-electron chi connectivity index (χ0n) is 12.4. The van der Waals surface area contributed by atoms with E-state index in [1.807, 2.05) is 0 Å². The zero-order chi connectivity index (χ0) is 15.1. The smallest absolute Gasteiger partial charge is 0.244 e. The van der Waals surface area contributed by atoms with Crippen LogP contribution in [0.2, 0.25) is 0 Å². The standard InChI is InChI=1S/C14H23N3O3S/c1-16(21(18,19)14-5-4-6-15-13-14)7-2-3-8-17-9-11-20-12-10-17/h4-6,13H,2-3,7-12H2,1H3. The molecule has 0 atom stereocenters. The van der Waals surface area contributed by atoms with Gasteiger partial charge in [-0.05, 0) is 31.5 Å². The van der Waals surface area contributed by atoms with E-state index < -0.39 is 10.0 Å². The summed E-state index contributed by atoms with van der Waals surface area (Å²) < 4.78 is 31.3. The van der Waals surface area contributed by atoms with Crippen LogP contribution in [0.4, 0.5) is 0 Å². The third-order valence-corrected chi connectivity index (χ3v) is 5.48. The Hall–Kier alpha value is -1.02.